The van der Waals surface area contributed by atoms with Gasteiger partial charge in [0.1, 0.15) is 5.75 Å². The summed E-state index contributed by atoms with van der Waals surface area (Å²) in [5.74, 6) is 0.109. The van der Waals surface area contributed by atoms with Crippen LogP contribution in [0.25, 0.3) is 0 Å². The molecule has 2 rings (SSSR count). The molecule has 1 aliphatic rings. The van der Waals surface area contributed by atoms with Gasteiger partial charge in [-0.3, -0.25) is 15.0 Å². The summed E-state index contributed by atoms with van der Waals surface area (Å²) in [5, 5.41) is 5.51. The standard InChI is InChI=1S/C18H27N3O3/c1-5-21(6-2)14-10-16(19-11-14)17(22)20-18(23)24-15-8-12(3)7-13(4)9-15/h7-9,14,16,19H,5-6,10-11H2,1-4H3,(H,20,22,23)/t14?,16-/m0/s1. The van der Waals surface area contributed by atoms with Crippen LogP contribution in [0, 0.1) is 13.8 Å². The van der Waals surface area contributed by atoms with E-state index in [1.807, 2.05) is 19.9 Å². The quantitative estimate of drug-likeness (QED) is 0.862. The molecule has 1 unspecified atom stereocenters. The van der Waals surface area contributed by atoms with Gasteiger partial charge in [0.05, 0.1) is 6.04 Å². The molecule has 1 aromatic rings. The predicted octanol–water partition coefficient (Wildman–Crippen LogP) is 1.99. The molecule has 0 radical (unpaired) electrons. The number of nitrogens with zero attached hydrogens (tertiary/aromatic N) is 1. The van der Waals surface area contributed by atoms with E-state index in [1.54, 1.807) is 12.1 Å². The van der Waals surface area contributed by atoms with Crippen LogP contribution >= 0.6 is 0 Å². The van der Waals surface area contributed by atoms with E-state index in [9.17, 15) is 9.59 Å². The van der Waals surface area contributed by atoms with Crippen LogP contribution in [0.1, 0.15) is 31.4 Å². The van der Waals surface area contributed by atoms with Crippen molar-refractivity contribution in [1.82, 2.24) is 15.5 Å². The smallest absolute Gasteiger partial charge is 0.410 e. The van der Waals surface area contributed by atoms with Gasteiger partial charge in [0, 0.05) is 12.6 Å². The number of hydrogen-bond acceptors (Lipinski definition) is 5. The van der Waals surface area contributed by atoms with Crippen LogP contribution in [0.2, 0.25) is 0 Å². The molecule has 0 spiro atoms. The van der Waals surface area contributed by atoms with E-state index in [0.717, 1.165) is 30.8 Å². The van der Waals surface area contributed by atoms with Crippen LogP contribution in [-0.2, 0) is 4.79 Å². The van der Waals surface area contributed by atoms with Gasteiger partial charge in [0.25, 0.3) is 0 Å². The molecule has 1 aromatic carbocycles. The Morgan fingerprint density at radius 1 is 1.21 bits per heavy atom. The highest BCUT2D eigenvalue weighted by atomic mass is 16.6. The minimum absolute atomic E-state index is 0.325. The number of aryl methyl sites for hydroxylation is 2. The van der Waals surface area contributed by atoms with Crippen LogP contribution in [0.15, 0.2) is 18.2 Å². The summed E-state index contributed by atoms with van der Waals surface area (Å²) in [6.07, 6.45) is -0.0391. The van der Waals surface area contributed by atoms with Gasteiger partial charge in [0.2, 0.25) is 5.91 Å². The van der Waals surface area contributed by atoms with Crippen LogP contribution in [-0.4, -0.2) is 48.6 Å². The first-order chi connectivity index (χ1) is 11.4. The van der Waals surface area contributed by atoms with E-state index in [2.05, 4.69) is 29.4 Å². The van der Waals surface area contributed by atoms with Crippen molar-refractivity contribution in [3.63, 3.8) is 0 Å². The molecular formula is C18H27N3O3. The van der Waals surface area contributed by atoms with Crippen molar-refractivity contribution in [3.05, 3.63) is 29.3 Å². The highest BCUT2D eigenvalue weighted by molar-refractivity contribution is 5.95. The average Bonchev–Trinajstić information content (AvgIpc) is 2.97. The maximum absolute atomic E-state index is 12.2. The summed E-state index contributed by atoms with van der Waals surface area (Å²) < 4.78 is 5.21. The van der Waals surface area contributed by atoms with Gasteiger partial charge in [-0.05, 0) is 56.6 Å². The number of ether oxygens (including phenoxy) is 1. The topological polar surface area (TPSA) is 70.7 Å². The SMILES string of the molecule is CCN(CC)C1CN[C@H](C(=O)NC(=O)Oc2cc(C)cc(C)c2)C1. The molecule has 24 heavy (non-hydrogen) atoms. The highest BCUT2D eigenvalue weighted by Gasteiger charge is 2.32. The van der Waals surface area contributed by atoms with Gasteiger partial charge in [0.15, 0.2) is 0 Å². The van der Waals surface area contributed by atoms with Gasteiger partial charge < -0.3 is 10.1 Å². The van der Waals surface area contributed by atoms with Gasteiger partial charge in [-0.2, -0.15) is 0 Å². The fraction of sp³-hybridized carbons (Fsp3) is 0.556. The van der Waals surface area contributed by atoms with Gasteiger partial charge in [-0.25, -0.2) is 4.79 Å². The Balaban J connectivity index is 1.87. The molecule has 6 nitrogen and oxygen atoms in total. The molecule has 0 bridgehead atoms. The van der Waals surface area contributed by atoms with Gasteiger partial charge >= 0.3 is 6.09 Å². The fourth-order valence-electron chi connectivity index (χ4n) is 3.25. The fourth-order valence-corrected chi connectivity index (χ4v) is 3.25. The Morgan fingerprint density at radius 2 is 1.83 bits per heavy atom. The third kappa shape index (κ3) is 4.79. The van der Waals surface area contributed by atoms with Crippen molar-refractivity contribution < 1.29 is 14.3 Å². The summed E-state index contributed by atoms with van der Waals surface area (Å²) in [4.78, 5) is 26.5. The number of imide groups is 1. The normalized spacial score (nSPS) is 20.2. The van der Waals surface area contributed by atoms with E-state index >= 15 is 0 Å². The van der Waals surface area contributed by atoms with Crippen molar-refractivity contribution >= 4 is 12.0 Å². The Hall–Kier alpha value is -1.92. The molecule has 6 heteroatoms. The molecule has 2 amide bonds. The lowest BCUT2D eigenvalue weighted by Gasteiger charge is -2.25. The molecule has 0 saturated carbocycles. The average molecular weight is 333 g/mol. The number of amides is 2. The molecule has 1 heterocycles. The molecule has 1 fully saturated rings. The van der Waals surface area contributed by atoms with E-state index < -0.39 is 6.09 Å². The number of carbonyl (C=O) groups excluding carboxylic acids is 2. The van der Waals surface area contributed by atoms with E-state index in [-0.39, 0.29) is 11.9 Å². The zero-order valence-electron chi connectivity index (χ0n) is 14.9. The number of rotatable bonds is 5. The Kier molecular flexibility index (Phi) is 6.34. The van der Waals surface area contributed by atoms with Gasteiger partial charge in [-0.1, -0.05) is 19.9 Å². The third-order valence-corrected chi connectivity index (χ3v) is 4.38. The van der Waals surface area contributed by atoms with E-state index in [1.165, 1.54) is 0 Å². The zero-order chi connectivity index (χ0) is 17.7. The maximum atomic E-state index is 12.2. The molecule has 132 valence electrons. The molecule has 0 aliphatic carbocycles. The zero-order valence-corrected chi connectivity index (χ0v) is 14.9. The van der Waals surface area contributed by atoms with Crippen molar-refractivity contribution in [1.29, 1.82) is 0 Å². The minimum atomic E-state index is -0.738. The molecule has 0 aromatic heterocycles. The van der Waals surface area contributed by atoms with Crippen molar-refractivity contribution in [2.24, 2.45) is 0 Å². The van der Waals surface area contributed by atoms with Crippen LogP contribution in [0.5, 0.6) is 5.75 Å². The lowest BCUT2D eigenvalue weighted by molar-refractivity contribution is -0.122. The van der Waals surface area contributed by atoms with Crippen LogP contribution in [0.4, 0.5) is 4.79 Å². The van der Waals surface area contributed by atoms with Crippen molar-refractivity contribution in [2.75, 3.05) is 19.6 Å². The lowest BCUT2D eigenvalue weighted by atomic mass is 10.1. The number of likely N-dealkylation sites (N-methyl/N-ethyl adjacent to an activating group) is 1. The molecule has 2 atom stereocenters. The minimum Gasteiger partial charge on any atom is -0.410 e. The number of benzene rings is 1. The van der Waals surface area contributed by atoms with Crippen molar-refractivity contribution in [2.45, 2.75) is 46.2 Å². The summed E-state index contributed by atoms with van der Waals surface area (Å²) in [5.41, 5.74) is 2.01. The third-order valence-electron chi connectivity index (χ3n) is 4.38. The van der Waals surface area contributed by atoms with Crippen LogP contribution < -0.4 is 15.4 Å². The molecular weight excluding hydrogens is 306 g/mol. The Morgan fingerprint density at radius 3 is 2.42 bits per heavy atom. The number of carbonyl (C=O) groups is 2. The lowest BCUT2D eigenvalue weighted by Crippen LogP contribution is -2.44. The Labute approximate surface area is 143 Å². The first-order valence-corrected chi connectivity index (χ1v) is 8.51. The second-order valence-electron chi connectivity index (χ2n) is 6.27. The predicted molar refractivity (Wildman–Crippen MR) is 93.2 cm³/mol. The summed E-state index contributed by atoms with van der Waals surface area (Å²) >= 11 is 0. The summed E-state index contributed by atoms with van der Waals surface area (Å²) in [6.45, 7) is 10.7. The monoisotopic (exact) mass is 333 g/mol. The second-order valence-corrected chi connectivity index (χ2v) is 6.27. The molecule has 2 N–H and O–H groups in total. The molecule has 1 saturated heterocycles. The highest BCUT2D eigenvalue weighted by Crippen LogP contribution is 2.17. The number of nitrogens with one attached hydrogen (secondary N) is 2. The number of hydrogen-bond donors (Lipinski definition) is 2. The largest absolute Gasteiger partial charge is 0.419 e. The van der Waals surface area contributed by atoms with Crippen LogP contribution in [0.3, 0.4) is 0 Å². The second kappa shape index (κ2) is 8.26. The van der Waals surface area contributed by atoms with Gasteiger partial charge in [-0.15, -0.1) is 0 Å². The molecule has 1 aliphatic heterocycles. The summed E-state index contributed by atoms with van der Waals surface area (Å²) in [6, 6.07) is 5.49. The Bertz CT molecular complexity index is 579. The van der Waals surface area contributed by atoms with E-state index in [4.69, 9.17) is 4.74 Å². The first kappa shape index (κ1) is 18.4. The summed E-state index contributed by atoms with van der Waals surface area (Å²) in [7, 11) is 0. The maximum Gasteiger partial charge on any atom is 0.419 e. The van der Waals surface area contributed by atoms with E-state index in [0.29, 0.717) is 18.2 Å². The van der Waals surface area contributed by atoms with Crippen molar-refractivity contribution in [3.8, 4) is 5.75 Å². The first-order valence-electron chi connectivity index (χ1n) is 8.51.